The van der Waals surface area contributed by atoms with Gasteiger partial charge in [0.2, 0.25) is 19.0 Å². The van der Waals surface area contributed by atoms with Gasteiger partial charge in [-0.25, -0.2) is 0 Å². The van der Waals surface area contributed by atoms with Gasteiger partial charge in [-0.05, 0) is 42.2 Å². The van der Waals surface area contributed by atoms with Crippen molar-refractivity contribution in [2.45, 2.75) is 18.9 Å². The average Bonchev–Trinajstić information content (AvgIpc) is 3.11. The summed E-state index contributed by atoms with van der Waals surface area (Å²) in [6.07, 6.45) is 2.10. The monoisotopic (exact) mass is 341 g/mol. The minimum absolute atomic E-state index is 0.0736. The van der Waals surface area contributed by atoms with Crippen molar-refractivity contribution in [1.82, 2.24) is 4.90 Å². The van der Waals surface area contributed by atoms with Crippen molar-refractivity contribution in [2.24, 2.45) is 0 Å². The van der Waals surface area contributed by atoms with Gasteiger partial charge in [-0.3, -0.25) is 4.79 Å². The van der Waals surface area contributed by atoms with Gasteiger partial charge in [-0.15, -0.1) is 0 Å². The van der Waals surface area contributed by atoms with Gasteiger partial charge in [-0.1, -0.05) is 12.1 Å². The maximum Gasteiger partial charge on any atom is 0.231 e. The summed E-state index contributed by atoms with van der Waals surface area (Å²) in [6, 6.07) is 9.39. The van der Waals surface area contributed by atoms with Gasteiger partial charge in [0.15, 0.2) is 11.5 Å². The maximum absolute atomic E-state index is 11.6. The summed E-state index contributed by atoms with van der Waals surface area (Å²) < 4.78 is 16.1. The third-order valence-electron chi connectivity index (χ3n) is 4.83. The highest BCUT2D eigenvalue weighted by Gasteiger charge is 2.34. The number of phenols is 1. The predicted molar refractivity (Wildman–Crippen MR) is 90.1 cm³/mol. The summed E-state index contributed by atoms with van der Waals surface area (Å²) in [4.78, 5) is 13.3. The summed E-state index contributed by atoms with van der Waals surface area (Å²) in [7, 11) is 1.62. The number of carbonyl (C=O) groups is 1. The Balaban J connectivity index is 1.77. The van der Waals surface area contributed by atoms with Crippen molar-refractivity contribution in [3.05, 3.63) is 47.0 Å². The Kier molecular flexibility index (Phi) is 3.87. The van der Waals surface area contributed by atoms with E-state index in [0.29, 0.717) is 30.9 Å². The summed E-state index contributed by atoms with van der Waals surface area (Å²) in [5.41, 5.74) is 2.76. The molecule has 0 aliphatic carbocycles. The number of nitrogens with zero attached hydrogens (tertiary/aromatic N) is 1. The Morgan fingerprint density at radius 1 is 1.36 bits per heavy atom. The molecule has 2 aliphatic rings. The Labute approximate surface area is 145 Å². The molecule has 6 nitrogen and oxygen atoms in total. The Morgan fingerprint density at radius 3 is 3.04 bits per heavy atom. The van der Waals surface area contributed by atoms with Gasteiger partial charge in [-0.2, -0.15) is 0 Å². The number of aromatic hydroxyl groups is 1. The molecular formula is C19H19NO5. The van der Waals surface area contributed by atoms with Gasteiger partial charge in [0.1, 0.15) is 5.75 Å². The highest BCUT2D eigenvalue weighted by atomic mass is 16.7. The lowest BCUT2D eigenvalue weighted by atomic mass is 9.87. The molecule has 0 aromatic heterocycles. The first-order chi connectivity index (χ1) is 12.2. The number of rotatable bonds is 4. The first-order valence-electron chi connectivity index (χ1n) is 8.19. The molecule has 2 aromatic rings. The quantitative estimate of drug-likeness (QED) is 0.865. The average molecular weight is 341 g/mol. The Morgan fingerprint density at radius 2 is 2.24 bits per heavy atom. The molecule has 2 aliphatic heterocycles. The van der Waals surface area contributed by atoms with Crippen LogP contribution < -0.4 is 14.2 Å². The molecule has 0 fully saturated rings. The summed E-state index contributed by atoms with van der Waals surface area (Å²) in [5.74, 6) is 1.77. The molecule has 0 bridgehead atoms. The van der Waals surface area contributed by atoms with E-state index in [0.717, 1.165) is 28.8 Å². The molecule has 1 atom stereocenters. The van der Waals surface area contributed by atoms with E-state index in [1.165, 1.54) is 0 Å². The van der Waals surface area contributed by atoms with E-state index in [-0.39, 0.29) is 18.6 Å². The van der Waals surface area contributed by atoms with E-state index in [2.05, 4.69) is 0 Å². The van der Waals surface area contributed by atoms with Crippen molar-refractivity contribution < 1.29 is 24.1 Å². The van der Waals surface area contributed by atoms with Gasteiger partial charge in [0, 0.05) is 12.1 Å². The fourth-order valence-electron chi connectivity index (χ4n) is 3.61. The molecule has 0 radical (unpaired) electrons. The normalized spacial score (nSPS) is 18.0. The summed E-state index contributed by atoms with van der Waals surface area (Å²) >= 11 is 0. The van der Waals surface area contributed by atoms with E-state index >= 15 is 0 Å². The number of hydrogen-bond donors (Lipinski definition) is 1. The molecule has 0 spiro atoms. The highest BCUT2D eigenvalue weighted by Crippen LogP contribution is 2.49. The van der Waals surface area contributed by atoms with Crippen molar-refractivity contribution in [3.8, 4) is 23.0 Å². The molecule has 6 heteroatoms. The zero-order valence-electron chi connectivity index (χ0n) is 13.9. The van der Waals surface area contributed by atoms with Crippen LogP contribution in [0.4, 0.5) is 0 Å². The van der Waals surface area contributed by atoms with E-state index in [9.17, 15) is 9.90 Å². The smallest absolute Gasteiger partial charge is 0.231 e. The summed E-state index contributed by atoms with van der Waals surface area (Å²) in [5, 5.41) is 10.7. The molecular weight excluding hydrogens is 322 g/mol. The first-order valence-corrected chi connectivity index (χ1v) is 8.19. The van der Waals surface area contributed by atoms with Crippen molar-refractivity contribution in [2.75, 3.05) is 20.4 Å². The largest absolute Gasteiger partial charge is 0.504 e. The number of carbonyl (C=O) groups excluding carboxylic acids is 1. The van der Waals surface area contributed by atoms with Crippen molar-refractivity contribution in [1.29, 1.82) is 0 Å². The number of fused-ring (bicyclic) bond motifs is 2. The van der Waals surface area contributed by atoms with Crippen LogP contribution in [0.1, 0.15) is 22.7 Å². The topological polar surface area (TPSA) is 68.2 Å². The minimum Gasteiger partial charge on any atom is -0.504 e. The lowest BCUT2D eigenvalue weighted by Crippen LogP contribution is -2.35. The fourth-order valence-corrected chi connectivity index (χ4v) is 3.61. The number of methoxy groups -OCH3 is 1. The van der Waals surface area contributed by atoms with E-state index in [1.807, 2.05) is 30.3 Å². The third kappa shape index (κ3) is 2.63. The number of phenolic OH excluding ortho intramolecular Hbond substituents is 1. The standard InChI is InChI=1S/C19H19NO5/c1-23-14-4-2-3-12(7-14)8-15-17-13(5-6-20(15)10-21)9-16-19(18(17)22)25-11-24-16/h2-4,7,9-10,15,22H,5-6,8,11H2,1H3. The number of benzene rings is 2. The number of ether oxygens (including phenoxy) is 3. The molecule has 1 N–H and O–H groups in total. The van der Waals surface area contributed by atoms with Crippen LogP contribution in [-0.2, 0) is 17.6 Å². The second-order valence-corrected chi connectivity index (χ2v) is 6.20. The molecule has 2 heterocycles. The SMILES string of the molecule is COc1cccc(CC2c3c(cc4c(c3O)OCO4)CCN2C=O)c1. The predicted octanol–water partition coefficient (Wildman–Crippen LogP) is 2.43. The van der Waals surface area contributed by atoms with Crippen LogP contribution in [0.2, 0.25) is 0 Å². The van der Waals surface area contributed by atoms with Crippen molar-refractivity contribution in [3.63, 3.8) is 0 Å². The van der Waals surface area contributed by atoms with Crippen LogP contribution in [0.5, 0.6) is 23.0 Å². The van der Waals surface area contributed by atoms with Crippen LogP contribution in [0.3, 0.4) is 0 Å². The van der Waals surface area contributed by atoms with Crippen molar-refractivity contribution >= 4 is 6.41 Å². The van der Waals surface area contributed by atoms with E-state index in [4.69, 9.17) is 14.2 Å². The molecule has 0 saturated carbocycles. The van der Waals surface area contributed by atoms with Crippen LogP contribution in [0.25, 0.3) is 0 Å². The lowest BCUT2D eigenvalue weighted by molar-refractivity contribution is -0.120. The zero-order valence-corrected chi connectivity index (χ0v) is 13.9. The van der Waals surface area contributed by atoms with Gasteiger partial charge in [0.05, 0.1) is 13.2 Å². The van der Waals surface area contributed by atoms with Crippen LogP contribution in [0.15, 0.2) is 30.3 Å². The van der Waals surface area contributed by atoms with Crippen LogP contribution in [-0.4, -0.2) is 36.9 Å². The second-order valence-electron chi connectivity index (χ2n) is 6.20. The molecule has 0 saturated heterocycles. The van der Waals surface area contributed by atoms with Crippen LogP contribution >= 0.6 is 0 Å². The Hall–Kier alpha value is -2.89. The highest BCUT2D eigenvalue weighted by molar-refractivity contribution is 5.63. The maximum atomic E-state index is 11.6. The number of hydrogen-bond acceptors (Lipinski definition) is 5. The zero-order chi connectivity index (χ0) is 17.4. The first kappa shape index (κ1) is 15.6. The third-order valence-corrected chi connectivity index (χ3v) is 4.83. The molecule has 1 unspecified atom stereocenters. The lowest BCUT2D eigenvalue weighted by Gasteiger charge is -2.35. The summed E-state index contributed by atoms with van der Waals surface area (Å²) in [6.45, 7) is 0.702. The molecule has 4 rings (SSSR count). The fraction of sp³-hybridized carbons (Fsp3) is 0.316. The van der Waals surface area contributed by atoms with Crippen LogP contribution in [0, 0.1) is 0 Å². The molecule has 2 aromatic carbocycles. The molecule has 130 valence electrons. The van der Waals surface area contributed by atoms with E-state index in [1.54, 1.807) is 12.0 Å². The number of amides is 1. The second kappa shape index (κ2) is 6.20. The molecule has 1 amide bonds. The molecule has 25 heavy (non-hydrogen) atoms. The van der Waals surface area contributed by atoms with Gasteiger partial charge in [0.25, 0.3) is 0 Å². The van der Waals surface area contributed by atoms with Gasteiger partial charge >= 0.3 is 0 Å². The van der Waals surface area contributed by atoms with E-state index < -0.39 is 0 Å². The Bertz CT molecular complexity index is 820. The van der Waals surface area contributed by atoms with Gasteiger partial charge < -0.3 is 24.2 Å². The minimum atomic E-state index is -0.261.